The number of aromatic carboxylic acids is 1. The van der Waals surface area contributed by atoms with Crippen LogP contribution in [0.15, 0.2) is 12.1 Å². The van der Waals surface area contributed by atoms with E-state index in [1.54, 1.807) is 14.1 Å². The summed E-state index contributed by atoms with van der Waals surface area (Å²) in [5.41, 5.74) is 2.52. The summed E-state index contributed by atoms with van der Waals surface area (Å²) >= 11 is 0.953. The zero-order chi connectivity index (χ0) is 10.7. The maximum absolute atomic E-state index is 11.4. The lowest BCUT2D eigenvalue weighted by molar-refractivity contribution is 0.0702. The van der Waals surface area contributed by atoms with E-state index >= 15 is 0 Å². The van der Waals surface area contributed by atoms with Crippen LogP contribution in [0.5, 0.6) is 0 Å². The van der Waals surface area contributed by atoms with Crippen LogP contribution in [-0.4, -0.2) is 36.1 Å². The summed E-state index contributed by atoms with van der Waals surface area (Å²) in [7, 11) is 3.37. The SMILES string of the molecule is CN(C)NC(=O)c1ccc(C(=O)O)s1. The maximum Gasteiger partial charge on any atom is 0.345 e. The second-order valence-electron chi connectivity index (χ2n) is 2.80. The van der Waals surface area contributed by atoms with Gasteiger partial charge < -0.3 is 5.11 Å². The van der Waals surface area contributed by atoms with Gasteiger partial charge in [0.2, 0.25) is 0 Å². The van der Waals surface area contributed by atoms with E-state index in [-0.39, 0.29) is 10.8 Å². The molecule has 14 heavy (non-hydrogen) atoms. The number of amides is 1. The van der Waals surface area contributed by atoms with E-state index in [1.165, 1.54) is 17.1 Å². The number of thiophene rings is 1. The molecule has 0 aliphatic carbocycles. The molecule has 0 spiro atoms. The summed E-state index contributed by atoms with van der Waals surface area (Å²) in [5.74, 6) is -1.31. The van der Waals surface area contributed by atoms with Crippen molar-refractivity contribution in [2.45, 2.75) is 0 Å². The molecule has 6 heteroatoms. The van der Waals surface area contributed by atoms with E-state index in [9.17, 15) is 9.59 Å². The number of carboxylic acid groups (broad SMARTS) is 1. The van der Waals surface area contributed by atoms with Crippen molar-refractivity contribution < 1.29 is 14.7 Å². The molecule has 0 aliphatic heterocycles. The molecule has 5 nitrogen and oxygen atoms in total. The fraction of sp³-hybridized carbons (Fsp3) is 0.250. The summed E-state index contributed by atoms with van der Waals surface area (Å²) in [6.45, 7) is 0. The molecule has 0 radical (unpaired) electrons. The monoisotopic (exact) mass is 214 g/mol. The van der Waals surface area contributed by atoms with Gasteiger partial charge in [0.05, 0.1) is 4.88 Å². The molecule has 0 aromatic carbocycles. The molecule has 1 rings (SSSR count). The molecule has 0 saturated heterocycles. The van der Waals surface area contributed by atoms with Crippen LogP contribution >= 0.6 is 11.3 Å². The van der Waals surface area contributed by atoms with Crippen molar-refractivity contribution in [3.63, 3.8) is 0 Å². The molecule has 0 saturated carbocycles. The Morgan fingerprint density at radius 2 is 1.93 bits per heavy atom. The number of hydrazine groups is 1. The van der Waals surface area contributed by atoms with Crippen molar-refractivity contribution in [3.05, 3.63) is 21.9 Å². The lowest BCUT2D eigenvalue weighted by atomic mass is 10.4. The molecule has 0 fully saturated rings. The van der Waals surface area contributed by atoms with Crippen LogP contribution in [0.3, 0.4) is 0 Å². The van der Waals surface area contributed by atoms with Crippen LogP contribution in [-0.2, 0) is 0 Å². The Morgan fingerprint density at radius 3 is 2.36 bits per heavy atom. The van der Waals surface area contributed by atoms with Gasteiger partial charge >= 0.3 is 5.97 Å². The predicted octanol–water partition coefficient (Wildman–Crippen LogP) is 0.653. The molecule has 0 atom stereocenters. The lowest BCUT2D eigenvalue weighted by Crippen LogP contribution is -2.35. The number of carbonyl (C=O) groups is 2. The molecule has 1 aromatic rings. The molecule has 1 amide bonds. The third-order valence-electron chi connectivity index (χ3n) is 1.37. The van der Waals surface area contributed by atoms with Gasteiger partial charge in [0.15, 0.2) is 0 Å². The molecule has 0 aliphatic rings. The molecule has 0 bridgehead atoms. The minimum absolute atomic E-state index is 0.161. The van der Waals surface area contributed by atoms with Crippen molar-refractivity contribution in [3.8, 4) is 0 Å². The Hall–Kier alpha value is -1.40. The quantitative estimate of drug-likeness (QED) is 0.725. The van der Waals surface area contributed by atoms with Gasteiger partial charge in [-0.15, -0.1) is 11.3 Å². The predicted molar refractivity (Wildman–Crippen MR) is 52.4 cm³/mol. The first-order valence-electron chi connectivity index (χ1n) is 3.82. The largest absolute Gasteiger partial charge is 0.477 e. The van der Waals surface area contributed by atoms with E-state index in [1.807, 2.05) is 0 Å². The number of nitrogens with one attached hydrogen (secondary N) is 1. The minimum Gasteiger partial charge on any atom is -0.477 e. The van der Waals surface area contributed by atoms with Crippen molar-refractivity contribution in [2.75, 3.05) is 14.1 Å². The zero-order valence-corrected chi connectivity index (χ0v) is 8.59. The highest BCUT2D eigenvalue weighted by molar-refractivity contribution is 7.15. The molecule has 1 aromatic heterocycles. The summed E-state index contributed by atoms with van der Waals surface area (Å²) in [5, 5.41) is 10.1. The van der Waals surface area contributed by atoms with E-state index in [0.717, 1.165) is 11.3 Å². The van der Waals surface area contributed by atoms with E-state index in [0.29, 0.717) is 4.88 Å². The number of carbonyl (C=O) groups excluding carboxylic acids is 1. The number of nitrogens with zero attached hydrogens (tertiary/aromatic N) is 1. The number of hydrogen-bond donors (Lipinski definition) is 2. The Kier molecular flexibility index (Phi) is 3.21. The van der Waals surface area contributed by atoms with E-state index in [2.05, 4.69) is 5.43 Å². The average Bonchev–Trinajstić information content (AvgIpc) is 2.50. The molecular formula is C8H10N2O3S. The Labute approximate surface area is 84.9 Å². The highest BCUT2D eigenvalue weighted by Crippen LogP contribution is 2.15. The van der Waals surface area contributed by atoms with E-state index in [4.69, 9.17) is 5.11 Å². The first-order chi connectivity index (χ1) is 6.50. The van der Waals surface area contributed by atoms with Gasteiger partial charge in [-0.25, -0.2) is 9.80 Å². The normalized spacial score (nSPS) is 10.2. The highest BCUT2D eigenvalue weighted by atomic mass is 32.1. The van der Waals surface area contributed by atoms with Crippen LogP contribution < -0.4 is 5.43 Å². The summed E-state index contributed by atoms with van der Waals surface area (Å²) in [4.78, 5) is 22.4. The Balaban J connectivity index is 2.76. The fourth-order valence-electron chi connectivity index (χ4n) is 0.833. The smallest absolute Gasteiger partial charge is 0.345 e. The van der Waals surface area contributed by atoms with Crippen molar-refractivity contribution >= 4 is 23.2 Å². The molecule has 0 unspecified atom stereocenters. The molecule has 1 heterocycles. The Morgan fingerprint density at radius 1 is 1.36 bits per heavy atom. The second-order valence-corrected chi connectivity index (χ2v) is 3.89. The second kappa shape index (κ2) is 4.21. The van der Waals surface area contributed by atoms with Gasteiger partial charge in [-0.2, -0.15) is 0 Å². The maximum atomic E-state index is 11.4. The van der Waals surface area contributed by atoms with Crippen molar-refractivity contribution in [1.29, 1.82) is 0 Å². The third-order valence-corrected chi connectivity index (χ3v) is 2.44. The van der Waals surface area contributed by atoms with Crippen LogP contribution in [0.4, 0.5) is 0 Å². The van der Waals surface area contributed by atoms with Gasteiger partial charge in [0, 0.05) is 14.1 Å². The summed E-state index contributed by atoms with van der Waals surface area (Å²) in [6.07, 6.45) is 0. The van der Waals surface area contributed by atoms with Crippen LogP contribution in [0.25, 0.3) is 0 Å². The van der Waals surface area contributed by atoms with Crippen LogP contribution in [0.1, 0.15) is 19.3 Å². The fourth-order valence-corrected chi connectivity index (χ4v) is 1.57. The van der Waals surface area contributed by atoms with Gasteiger partial charge in [0.25, 0.3) is 5.91 Å². The molecular weight excluding hydrogens is 204 g/mol. The van der Waals surface area contributed by atoms with Crippen molar-refractivity contribution in [1.82, 2.24) is 10.4 Å². The minimum atomic E-state index is -1.01. The molecule has 76 valence electrons. The zero-order valence-electron chi connectivity index (χ0n) is 7.77. The van der Waals surface area contributed by atoms with Crippen LogP contribution in [0, 0.1) is 0 Å². The lowest BCUT2D eigenvalue weighted by Gasteiger charge is -2.09. The van der Waals surface area contributed by atoms with Gasteiger partial charge in [-0.3, -0.25) is 10.2 Å². The van der Waals surface area contributed by atoms with Crippen molar-refractivity contribution in [2.24, 2.45) is 0 Å². The average molecular weight is 214 g/mol. The third kappa shape index (κ3) is 2.54. The first kappa shape index (κ1) is 10.7. The van der Waals surface area contributed by atoms with Crippen LogP contribution in [0.2, 0.25) is 0 Å². The number of carboxylic acids is 1. The van der Waals surface area contributed by atoms with Gasteiger partial charge in [0.1, 0.15) is 4.88 Å². The first-order valence-corrected chi connectivity index (χ1v) is 4.64. The van der Waals surface area contributed by atoms with E-state index < -0.39 is 5.97 Å². The van der Waals surface area contributed by atoms with Gasteiger partial charge in [-0.1, -0.05) is 0 Å². The number of hydrogen-bond acceptors (Lipinski definition) is 4. The highest BCUT2D eigenvalue weighted by Gasteiger charge is 2.12. The molecule has 2 N–H and O–H groups in total. The standard InChI is InChI=1S/C8H10N2O3S/c1-10(2)9-7(11)5-3-4-6(14-5)8(12)13/h3-4H,1-2H3,(H,9,11)(H,12,13). The summed E-state index contributed by atoms with van der Waals surface area (Å²) < 4.78 is 0. The topological polar surface area (TPSA) is 69.6 Å². The Bertz CT molecular complexity index is 359. The van der Waals surface area contributed by atoms with Gasteiger partial charge in [-0.05, 0) is 12.1 Å². The summed E-state index contributed by atoms with van der Waals surface area (Å²) in [6, 6.07) is 2.91. The number of rotatable bonds is 3.